The maximum Gasteiger partial charge on any atom is 0.405 e. The molecule has 6 heteroatoms. The molecular weight excluding hydrogens is 308 g/mol. The van der Waals surface area contributed by atoms with Crippen LogP contribution >= 0.6 is 22.6 Å². The topological polar surface area (TPSA) is 38.0 Å². The van der Waals surface area contributed by atoms with Crippen LogP contribution in [0.2, 0.25) is 0 Å². The van der Waals surface area contributed by atoms with E-state index < -0.39 is 12.7 Å². The Labute approximate surface area is 92.8 Å². The van der Waals surface area contributed by atoms with Gasteiger partial charge in [-0.2, -0.15) is 13.2 Å². The first-order valence-electron chi connectivity index (χ1n) is 3.74. The lowest BCUT2D eigenvalue weighted by Crippen LogP contribution is -2.21. The summed E-state index contributed by atoms with van der Waals surface area (Å²) in [6, 6.07) is 4.83. The van der Waals surface area contributed by atoms with E-state index >= 15 is 0 Å². The first-order chi connectivity index (χ1) is 6.38. The molecule has 1 aromatic carbocycles. The van der Waals surface area contributed by atoms with Gasteiger partial charge >= 0.3 is 6.18 Å². The lowest BCUT2D eigenvalue weighted by atomic mass is 10.3. The highest BCUT2D eigenvalue weighted by atomic mass is 127. The molecule has 2 nitrogen and oxygen atoms in total. The first kappa shape index (κ1) is 11.4. The van der Waals surface area contributed by atoms with E-state index in [-0.39, 0.29) is 0 Å². The number of hydrogen-bond acceptors (Lipinski definition) is 2. The molecule has 0 unspecified atom stereocenters. The van der Waals surface area contributed by atoms with Crippen molar-refractivity contribution in [3.63, 3.8) is 0 Å². The standard InChI is InChI=1S/C8H8F3IN2/c9-8(10,11)4-14-7-2-1-5(12)3-6(7)13/h1-3,14H,4,13H2. The minimum atomic E-state index is -4.23. The quantitative estimate of drug-likeness (QED) is 0.650. The van der Waals surface area contributed by atoms with Gasteiger partial charge in [-0.15, -0.1) is 0 Å². The maximum atomic E-state index is 11.8. The summed E-state index contributed by atoms with van der Waals surface area (Å²) < 4.78 is 36.4. The number of nitrogens with one attached hydrogen (secondary N) is 1. The summed E-state index contributed by atoms with van der Waals surface area (Å²) in [5.74, 6) is 0. The molecule has 0 bridgehead atoms. The second-order valence-corrected chi connectivity index (χ2v) is 3.95. The van der Waals surface area contributed by atoms with Crippen molar-refractivity contribution in [1.82, 2.24) is 0 Å². The minimum absolute atomic E-state index is 0.308. The SMILES string of the molecule is Nc1cc(I)ccc1NCC(F)(F)F. The lowest BCUT2D eigenvalue weighted by molar-refractivity contribution is -0.115. The van der Waals surface area contributed by atoms with Gasteiger partial charge in [0, 0.05) is 3.57 Å². The van der Waals surface area contributed by atoms with Crippen molar-refractivity contribution in [3.8, 4) is 0 Å². The van der Waals surface area contributed by atoms with Crippen LogP contribution in [0.5, 0.6) is 0 Å². The Morgan fingerprint density at radius 3 is 2.50 bits per heavy atom. The Bertz CT molecular complexity index is 325. The lowest BCUT2D eigenvalue weighted by Gasteiger charge is -2.11. The molecule has 0 heterocycles. The fourth-order valence-corrected chi connectivity index (χ4v) is 1.41. The van der Waals surface area contributed by atoms with Gasteiger partial charge in [-0.05, 0) is 40.8 Å². The highest BCUT2D eigenvalue weighted by molar-refractivity contribution is 14.1. The first-order valence-corrected chi connectivity index (χ1v) is 4.82. The Morgan fingerprint density at radius 2 is 2.00 bits per heavy atom. The molecule has 3 N–H and O–H groups in total. The molecule has 0 aliphatic rings. The smallest absolute Gasteiger partial charge is 0.397 e. The zero-order chi connectivity index (χ0) is 10.8. The van der Waals surface area contributed by atoms with Gasteiger partial charge in [0.05, 0.1) is 11.4 Å². The number of alkyl halides is 3. The third-order valence-corrected chi connectivity index (χ3v) is 2.16. The monoisotopic (exact) mass is 316 g/mol. The van der Waals surface area contributed by atoms with Crippen LogP contribution < -0.4 is 11.1 Å². The van der Waals surface area contributed by atoms with Gasteiger partial charge in [-0.1, -0.05) is 0 Å². The van der Waals surface area contributed by atoms with Crippen molar-refractivity contribution in [3.05, 3.63) is 21.8 Å². The molecule has 0 saturated heterocycles. The molecule has 14 heavy (non-hydrogen) atoms. The van der Waals surface area contributed by atoms with Crippen LogP contribution in [0.25, 0.3) is 0 Å². The minimum Gasteiger partial charge on any atom is -0.397 e. The molecule has 0 spiro atoms. The van der Waals surface area contributed by atoms with Crippen molar-refractivity contribution >= 4 is 34.0 Å². The summed E-state index contributed by atoms with van der Waals surface area (Å²) >= 11 is 2.04. The molecule has 0 amide bonds. The molecule has 0 fully saturated rings. The fraction of sp³-hybridized carbons (Fsp3) is 0.250. The fourth-order valence-electron chi connectivity index (χ4n) is 0.890. The van der Waals surface area contributed by atoms with E-state index in [1.54, 1.807) is 12.1 Å². The number of benzene rings is 1. The number of hydrogen-bond donors (Lipinski definition) is 2. The zero-order valence-electron chi connectivity index (χ0n) is 7.03. The normalized spacial score (nSPS) is 11.4. The number of halogens is 4. The van der Waals surface area contributed by atoms with Gasteiger partial charge in [0.2, 0.25) is 0 Å². The van der Waals surface area contributed by atoms with Crippen LogP contribution in [-0.4, -0.2) is 12.7 Å². The van der Waals surface area contributed by atoms with Crippen molar-refractivity contribution in [1.29, 1.82) is 0 Å². The molecule has 0 aliphatic carbocycles. The summed E-state index contributed by atoms with van der Waals surface area (Å²) in [7, 11) is 0. The van der Waals surface area contributed by atoms with E-state index in [1.165, 1.54) is 6.07 Å². The maximum absolute atomic E-state index is 11.8. The van der Waals surface area contributed by atoms with Crippen LogP contribution in [0.1, 0.15) is 0 Å². The Morgan fingerprint density at radius 1 is 1.36 bits per heavy atom. The van der Waals surface area contributed by atoms with Crippen LogP contribution in [-0.2, 0) is 0 Å². The third-order valence-electron chi connectivity index (χ3n) is 1.49. The summed E-state index contributed by atoms with van der Waals surface area (Å²) in [6.07, 6.45) is -4.23. The average Bonchev–Trinajstić information content (AvgIpc) is 2.00. The molecule has 1 aromatic rings. The van der Waals surface area contributed by atoms with Crippen LogP contribution in [0, 0.1) is 3.57 Å². The highest BCUT2D eigenvalue weighted by Crippen LogP contribution is 2.23. The van der Waals surface area contributed by atoms with Gasteiger partial charge in [0.15, 0.2) is 0 Å². The Kier molecular flexibility index (Phi) is 3.46. The number of nitrogen functional groups attached to an aromatic ring is 1. The highest BCUT2D eigenvalue weighted by Gasteiger charge is 2.26. The molecule has 78 valence electrons. The van der Waals surface area contributed by atoms with Crippen molar-refractivity contribution in [2.24, 2.45) is 0 Å². The van der Waals surface area contributed by atoms with Crippen LogP contribution in [0.3, 0.4) is 0 Å². The summed E-state index contributed by atoms with van der Waals surface area (Å²) in [6.45, 7) is -1.07. The van der Waals surface area contributed by atoms with Gasteiger partial charge < -0.3 is 11.1 Å². The van der Waals surface area contributed by atoms with E-state index in [0.29, 0.717) is 11.4 Å². The zero-order valence-corrected chi connectivity index (χ0v) is 9.19. The van der Waals surface area contributed by atoms with E-state index in [0.717, 1.165) is 3.57 Å². The number of nitrogens with two attached hydrogens (primary N) is 1. The molecular formula is C8H8F3IN2. The van der Waals surface area contributed by atoms with Gasteiger partial charge in [0.1, 0.15) is 6.54 Å². The van der Waals surface area contributed by atoms with Crippen LogP contribution in [0.4, 0.5) is 24.5 Å². The second kappa shape index (κ2) is 4.24. The predicted molar refractivity (Wildman–Crippen MR) is 58.1 cm³/mol. The van der Waals surface area contributed by atoms with E-state index in [1.807, 2.05) is 22.6 Å². The second-order valence-electron chi connectivity index (χ2n) is 2.70. The van der Waals surface area contributed by atoms with E-state index in [9.17, 15) is 13.2 Å². The number of rotatable bonds is 2. The third kappa shape index (κ3) is 3.60. The van der Waals surface area contributed by atoms with E-state index in [2.05, 4.69) is 5.32 Å². The van der Waals surface area contributed by atoms with Crippen molar-refractivity contribution < 1.29 is 13.2 Å². The van der Waals surface area contributed by atoms with Crippen molar-refractivity contribution in [2.45, 2.75) is 6.18 Å². The summed E-state index contributed by atoms with van der Waals surface area (Å²) in [5, 5.41) is 2.23. The Balaban J connectivity index is 2.68. The predicted octanol–water partition coefficient (Wildman–Crippen LogP) is 2.85. The average molecular weight is 316 g/mol. The molecule has 0 saturated carbocycles. The molecule has 0 radical (unpaired) electrons. The van der Waals surface area contributed by atoms with Gasteiger partial charge in [-0.3, -0.25) is 0 Å². The molecule has 0 aliphatic heterocycles. The van der Waals surface area contributed by atoms with Crippen molar-refractivity contribution in [2.75, 3.05) is 17.6 Å². The van der Waals surface area contributed by atoms with Crippen LogP contribution in [0.15, 0.2) is 18.2 Å². The summed E-state index contributed by atoms with van der Waals surface area (Å²) in [4.78, 5) is 0. The van der Waals surface area contributed by atoms with E-state index in [4.69, 9.17) is 5.73 Å². The number of anilines is 2. The van der Waals surface area contributed by atoms with Gasteiger partial charge in [0.25, 0.3) is 0 Å². The van der Waals surface area contributed by atoms with Gasteiger partial charge in [-0.25, -0.2) is 0 Å². The summed E-state index contributed by atoms with van der Waals surface area (Å²) in [5.41, 5.74) is 6.14. The molecule has 0 atom stereocenters. The molecule has 1 rings (SSSR count). The largest absolute Gasteiger partial charge is 0.405 e. The Hall–Kier alpha value is -0.660. The molecule has 0 aromatic heterocycles.